The third kappa shape index (κ3) is 5.40. The molecule has 0 unspecified atom stereocenters. The molecule has 0 aromatic heterocycles. The van der Waals surface area contributed by atoms with Gasteiger partial charge in [0.2, 0.25) is 6.86 Å². The highest BCUT2D eigenvalue weighted by molar-refractivity contribution is 5.67. The Balaban J connectivity index is 1.54. The number of aliphatic hydroxyl groups excluding tert-OH is 1. The summed E-state index contributed by atoms with van der Waals surface area (Å²) in [7, 11) is 0. The summed E-state index contributed by atoms with van der Waals surface area (Å²) in [5, 5.41) is 15.8. The third-order valence-corrected chi connectivity index (χ3v) is 4.53. The molecule has 150 valence electrons. The Morgan fingerprint density at radius 1 is 1.21 bits per heavy atom. The van der Waals surface area contributed by atoms with Crippen molar-refractivity contribution in [2.24, 2.45) is 0 Å². The first-order valence-electron chi connectivity index (χ1n) is 8.93. The Hall–Kier alpha value is -2.71. The maximum Gasteiger partial charge on any atom is 0.407 e. The van der Waals surface area contributed by atoms with E-state index in [9.17, 15) is 18.7 Å². The summed E-state index contributed by atoms with van der Waals surface area (Å²) in [6.45, 7) is -0.473. The molecule has 3 rings (SSSR count). The molecule has 1 heterocycles. The first-order valence-corrected chi connectivity index (χ1v) is 8.93. The number of β-amino-alcohol motifs (C(OH)–C–C–N with tert-alkyl or cyclic N) is 1. The van der Waals surface area contributed by atoms with Crippen LogP contribution in [0.25, 0.3) is 0 Å². The second-order valence-electron chi connectivity index (χ2n) is 6.54. The Kier molecular flexibility index (Phi) is 6.78. The number of alkyl halides is 1. The van der Waals surface area contributed by atoms with E-state index < -0.39 is 25.2 Å². The van der Waals surface area contributed by atoms with Crippen LogP contribution in [0.2, 0.25) is 0 Å². The van der Waals surface area contributed by atoms with Gasteiger partial charge in [-0.25, -0.2) is 13.6 Å². The summed E-state index contributed by atoms with van der Waals surface area (Å²) in [6, 6.07) is 12.5. The van der Waals surface area contributed by atoms with Crippen molar-refractivity contribution in [2.45, 2.75) is 31.2 Å². The van der Waals surface area contributed by atoms with Crippen molar-refractivity contribution >= 4 is 6.09 Å². The molecule has 0 spiro atoms. The quantitative estimate of drug-likeness (QED) is 0.674. The Morgan fingerprint density at radius 3 is 2.71 bits per heavy atom. The number of carbonyl (C=O) groups is 1. The molecule has 1 aliphatic rings. The molecule has 0 bridgehead atoms. The maximum atomic E-state index is 13.2. The lowest BCUT2D eigenvalue weighted by atomic mass is 10.0. The minimum Gasteiger partial charge on any atom is -0.463 e. The average Bonchev–Trinajstić information content (AvgIpc) is 3.02. The van der Waals surface area contributed by atoms with Gasteiger partial charge in [0.1, 0.15) is 23.8 Å². The van der Waals surface area contributed by atoms with Gasteiger partial charge < -0.3 is 25.2 Å². The number of hydrogen-bond donors (Lipinski definition) is 3. The molecule has 3 atom stereocenters. The summed E-state index contributed by atoms with van der Waals surface area (Å²) >= 11 is 0. The van der Waals surface area contributed by atoms with Crippen LogP contribution in [0.5, 0.6) is 5.75 Å². The van der Waals surface area contributed by atoms with Crippen molar-refractivity contribution < 1.29 is 28.2 Å². The number of rotatable bonds is 7. The van der Waals surface area contributed by atoms with E-state index in [0.717, 1.165) is 5.56 Å². The van der Waals surface area contributed by atoms with Gasteiger partial charge >= 0.3 is 6.09 Å². The molecule has 1 aliphatic heterocycles. The summed E-state index contributed by atoms with van der Waals surface area (Å²) in [6.07, 6.45) is -1.74. The fourth-order valence-electron chi connectivity index (χ4n) is 3.15. The van der Waals surface area contributed by atoms with E-state index >= 15 is 0 Å². The Labute approximate surface area is 161 Å². The van der Waals surface area contributed by atoms with Crippen LogP contribution >= 0.6 is 0 Å². The van der Waals surface area contributed by atoms with Crippen molar-refractivity contribution in [1.29, 1.82) is 0 Å². The van der Waals surface area contributed by atoms with Crippen LogP contribution in [0.3, 0.4) is 0 Å². The molecule has 1 amide bonds. The minimum absolute atomic E-state index is 0.119. The first-order chi connectivity index (χ1) is 13.5. The number of alkyl carbamates (subject to hydrolysis) is 1. The highest BCUT2D eigenvalue weighted by Gasteiger charge is 2.37. The molecule has 0 aliphatic carbocycles. The minimum atomic E-state index is -0.892. The van der Waals surface area contributed by atoms with E-state index in [1.807, 2.05) is 0 Å². The number of aliphatic hydroxyl groups is 1. The summed E-state index contributed by atoms with van der Waals surface area (Å²) in [5.41, 5.74) is 1.53. The molecule has 3 N–H and O–H groups in total. The van der Waals surface area contributed by atoms with Crippen molar-refractivity contribution in [2.75, 3.05) is 13.4 Å². The fourth-order valence-corrected chi connectivity index (χ4v) is 3.15. The molecule has 0 radical (unpaired) electrons. The molecule has 2 aromatic rings. The van der Waals surface area contributed by atoms with Gasteiger partial charge in [0.25, 0.3) is 0 Å². The highest BCUT2D eigenvalue weighted by Crippen LogP contribution is 2.19. The zero-order chi connectivity index (χ0) is 19.9. The number of amides is 1. The van der Waals surface area contributed by atoms with Crippen LogP contribution < -0.4 is 15.4 Å². The van der Waals surface area contributed by atoms with Gasteiger partial charge in [-0.15, -0.1) is 0 Å². The van der Waals surface area contributed by atoms with Crippen molar-refractivity contribution in [3.05, 3.63) is 65.5 Å². The zero-order valence-corrected chi connectivity index (χ0v) is 15.1. The van der Waals surface area contributed by atoms with Crippen molar-refractivity contribution in [3.63, 3.8) is 0 Å². The SMILES string of the molecule is O=C(NCc1cccc(F)c1)O[C@@H]1[C@@H](O)CN[C@@H]1Cc1ccc(OCF)cc1. The van der Waals surface area contributed by atoms with Gasteiger partial charge in [0.15, 0.2) is 0 Å². The van der Waals surface area contributed by atoms with E-state index in [1.165, 1.54) is 12.1 Å². The van der Waals surface area contributed by atoms with Gasteiger partial charge in [-0.05, 0) is 41.8 Å². The monoisotopic (exact) mass is 392 g/mol. The molecular formula is C20H22F2N2O4. The largest absolute Gasteiger partial charge is 0.463 e. The number of benzene rings is 2. The number of nitrogens with one attached hydrogen (secondary N) is 2. The molecule has 1 saturated heterocycles. The van der Waals surface area contributed by atoms with Crippen LogP contribution in [0, 0.1) is 5.82 Å². The first kappa shape index (κ1) is 20.0. The van der Waals surface area contributed by atoms with Gasteiger partial charge in [-0.2, -0.15) is 0 Å². The van der Waals surface area contributed by atoms with Gasteiger partial charge in [-0.1, -0.05) is 24.3 Å². The molecule has 6 nitrogen and oxygen atoms in total. The van der Waals surface area contributed by atoms with Gasteiger partial charge in [0, 0.05) is 13.1 Å². The second kappa shape index (κ2) is 9.48. The average molecular weight is 392 g/mol. The number of halogens is 2. The number of hydrogen-bond acceptors (Lipinski definition) is 5. The standard InChI is InChI=1S/C20H22F2N2O4/c21-12-27-16-6-4-13(5-7-16)9-17-19(18(25)11-23-17)28-20(26)24-10-14-2-1-3-15(22)8-14/h1-8,17-19,23,25H,9-12H2,(H,24,26)/t17-,18+,19+/m1/s1. The summed E-state index contributed by atoms with van der Waals surface area (Å²) < 4.78 is 35.5. The summed E-state index contributed by atoms with van der Waals surface area (Å²) in [4.78, 5) is 12.1. The third-order valence-electron chi connectivity index (χ3n) is 4.53. The van der Waals surface area contributed by atoms with E-state index in [0.29, 0.717) is 24.3 Å². The predicted octanol–water partition coefficient (Wildman–Crippen LogP) is 2.30. The van der Waals surface area contributed by atoms with E-state index in [1.54, 1.807) is 36.4 Å². The Morgan fingerprint density at radius 2 is 2.00 bits per heavy atom. The number of ether oxygens (including phenoxy) is 2. The molecule has 28 heavy (non-hydrogen) atoms. The Bertz CT molecular complexity index is 788. The highest BCUT2D eigenvalue weighted by atomic mass is 19.1. The lowest BCUT2D eigenvalue weighted by Gasteiger charge is -2.22. The molecular weight excluding hydrogens is 370 g/mol. The normalized spacial score (nSPS) is 21.3. The zero-order valence-electron chi connectivity index (χ0n) is 15.1. The van der Waals surface area contributed by atoms with E-state index in [2.05, 4.69) is 10.6 Å². The maximum absolute atomic E-state index is 13.2. The molecule has 2 aromatic carbocycles. The van der Waals surface area contributed by atoms with Crippen LogP contribution in [-0.4, -0.2) is 42.9 Å². The summed E-state index contributed by atoms with van der Waals surface area (Å²) in [5.74, 6) is 0.0428. The van der Waals surface area contributed by atoms with Gasteiger partial charge in [-0.3, -0.25) is 0 Å². The topological polar surface area (TPSA) is 79.8 Å². The van der Waals surface area contributed by atoms with Crippen LogP contribution in [-0.2, 0) is 17.7 Å². The molecule has 1 fully saturated rings. The number of carbonyl (C=O) groups excluding carboxylic acids is 1. The van der Waals surface area contributed by atoms with Crippen LogP contribution in [0.4, 0.5) is 13.6 Å². The second-order valence-corrected chi connectivity index (χ2v) is 6.54. The van der Waals surface area contributed by atoms with E-state index in [-0.39, 0.29) is 18.4 Å². The lowest BCUT2D eigenvalue weighted by molar-refractivity contribution is 0.0188. The van der Waals surface area contributed by atoms with Gasteiger partial charge in [0.05, 0.1) is 6.04 Å². The smallest absolute Gasteiger partial charge is 0.407 e. The van der Waals surface area contributed by atoms with Crippen molar-refractivity contribution in [1.82, 2.24) is 10.6 Å². The lowest BCUT2D eigenvalue weighted by Crippen LogP contribution is -2.41. The molecule has 0 saturated carbocycles. The molecule has 8 heteroatoms. The van der Waals surface area contributed by atoms with Crippen LogP contribution in [0.1, 0.15) is 11.1 Å². The van der Waals surface area contributed by atoms with Crippen LogP contribution in [0.15, 0.2) is 48.5 Å². The fraction of sp³-hybridized carbons (Fsp3) is 0.350. The van der Waals surface area contributed by atoms with Crippen molar-refractivity contribution in [3.8, 4) is 5.75 Å². The van der Waals surface area contributed by atoms with E-state index in [4.69, 9.17) is 9.47 Å². The predicted molar refractivity (Wildman–Crippen MR) is 98.1 cm³/mol.